The monoisotopic (exact) mass is 358 g/mol. The van der Waals surface area contributed by atoms with E-state index < -0.39 is 11.9 Å². The van der Waals surface area contributed by atoms with Crippen molar-refractivity contribution in [3.05, 3.63) is 58.0 Å². The van der Waals surface area contributed by atoms with Crippen LogP contribution in [-0.2, 0) is 9.53 Å². The molecule has 0 saturated carbocycles. The number of hydrogen-bond donors (Lipinski definition) is 2. The molecule has 1 aromatic heterocycles. The molecule has 0 bridgehead atoms. The number of unbranched alkanes of at least 4 members (excludes halogenated alkanes) is 1. The van der Waals surface area contributed by atoms with Crippen LogP contribution in [0.1, 0.15) is 35.8 Å². The Hall–Kier alpha value is -3.09. The fourth-order valence-electron chi connectivity index (χ4n) is 2.16. The van der Waals surface area contributed by atoms with Gasteiger partial charge in [-0.05, 0) is 37.6 Å². The summed E-state index contributed by atoms with van der Waals surface area (Å²) < 4.78 is 10.4. The number of hydrogen-bond acceptors (Lipinski definition) is 5. The molecule has 0 radical (unpaired) electrons. The molecule has 2 N–H and O–H groups in total. The Morgan fingerprint density at radius 2 is 1.88 bits per heavy atom. The van der Waals surface area contributed by atoms with E-state index in [-0.39, 0.29) is 17.8 Å². The molecule has 7 heteroatoms. The molecule has 0 spiro atoms. The van der Waals surface area contributed by atoms with Gasteiger partial charge in [-0.15, -0.1) is 0 Å². The standard InChI is InChI=1S/C19H22N2O5/c1-3-4-11-25-19(24)14-5-7-15(8-6-14)21-17(23)12-26-18-13(2)20-10-9-16(18)22/h5-10H,3-4,11-12H2,1-2H3,(H,20,22)(H,21,23). The molecular formula is C19H22N2O5. The van der Waals surface area contributed by atoms with Crippen molar-refractivity contribution in [2.24, 2.45) is 0 Å². The van der Waals surface area contributed by atoms with Gasteiger partial charge < -0.3 is 19.8 Å². The molecule has 2 rings (SSSR count). The Balaban J connectivity index is 1.87. The maximum Gasteiger partial charge on any atom is 0.338 e. The summed E-state index contributed by atoms with van der Waals surface area (Å²) in [6.45, 7) is 3.80. The van der Waals surface area contributed by atoms with Crippen molar-refractivity contribution >= 4 is 17.6 Å². The number of nitrogens with one attached hydrogen (secondary N) is 2. The summed E-state index contributed by atoms with van der Waals surface area (Å²) in [5, 5.41) is 2.64. The first-order valence-corrected chi connectivity index (χ1v) is 8.39. The zero-order valence-electron chi connectivity index (χ0n) is 14.8. The molecule has 1 aromatic carbocycles. The van der Waals surface area contributed by atoms with Crippen LogP contribution in [0, 0.1) is 6.92 Å². The molecule has 2 aromatic rings. The van der Waals surface area contributed by atoms with Gasteiger partial charge in [0.25, 0.3) is 5.91 Å². The van der Waals surface area contributed by atoms with Crippen LogP contribution in [-0.4, -0.2) is 30.1 Å². The minimum absolute atomic E-state index is 0.118. The van der Waals surface area contributed by atoms with Crippen molar-refractivity contribution in [2.45, 2.75) is 26.7 Å². The van der Waals surface area contributed by atoms with Gasteiger partial charge in [-0.3, -0.25) is 9.59 Å². The van der Waals surface area contributed by atoms with Gasteiger partial charge in [-0.1, -0.05) is 13.3 Å². The fourth-order valence-corrected chi connectivity index (χ4v) is 2.16. The Morgan fingerprint density at radius 3 is 2.54 bits per heavy atom. The number of carbonyl (C=O) groups excluding carboxylic acids is 2. The van der Waals surface area contributed by atoms with E-state index in [1.165, 1.54) is 12.3 Å². The maximum absolute atomic E-state index is 12.0. The van der Waals surface area contributed by atoms with Gasteiger partial charge in [0.15, 0.2) is 12.4 Å². The Kier molecular flexibility index (Phi) is 6.96. The number of H-pyrrole nitrogens is 1. The van der Waals surface area contributed by atoms with E-state index >= 15 is 0 Å². The number of esters is 1. The third kappa shape index (κ3) is 5.47. The molecule has 1 amide bonds. The molecule has 138 valence electrons. The van der Waals surface area contributed by atoms with Crippen LogP contribution in [0.4, 0.5) is 5.69 Å². The summed E-state index contributed by atoms with van der Waals surface area (Å²) in [6.07, 6.45) is 3.29. The highest BCUT2D eigenvalue weighted by Gasteiger charge is 2.10. The number of aromatic nitrogens is 1. The largest absolute Gasteiger partial charge is 0.478 e. The van der Waals surface area contributed by atoms with E-state index in [2.05, 4.69) is 10.3 Å². The summed E-state index contributed by atoms with van der Waals surface area (Å²) in [6, 6.07) is 7.70. The number of carbonyl (C=O) groups is 2. The third-order valence-corrected chi connectivity index (χ3v) is 3.58. The van der Waals surface area contributed by atoms with Crippen LogP contribution in [0.3, 0.4) is 0 Å². The van der Waals surface area contributed by atoms with Crippen LogP contribution < -0.4 is 15.5 Å². The Morgan fingerprint density at radius 1 is 1.15 bits per heavy atom. The maximum atomic E-state index is 12.0. The van der Waals surface area contributed by atoms with E-state index in [9.17, 15) is 14.4 Å². The highest BCUT2D eigenvalue weighted by molar-refractivity contribution is 5.93. The smallest absolute Gasteiger partial charge is 0.338 e. The lowest BCUT2D eigenvalue weighted by Crippen LogP contribution is -2.22. The van der Waals surface area contributed by atoms with E-state index in [0.29, 0.717) is 23.6 Å². The van der Waals surface area contributed by atoms with E-state index in [1.54, 1.807) is 31.2 Å². The first-order chi connectivity index (χ1) is 12.5. The van der Waals surface area contributed by atoms with Gasteiger partial charge in [0.1, 0.15) is 0 Å². The number of aromatic amines is 1. The van der Waals surface area contributed by atoms with Gasteiger partial charge >= 0.3 is 5.97 Å². The SMILES string of the molecule is CCCCOC(=O)c1ccc(NC(=O)COc2c(C)[nH]ccc2=O)cc1. The molecular weight excluding hydrogens is 336 g/mol. The van der Waals surface area contributed by atoms with Crippen LogP contribution >= 0.6 is 0 Å². The first kappa shape index (κ1) is 19.2. The topological polar surface area (TPSA) is 97.5 Å². The van der Waals surface area contributed by atoms with Gasteiger partial charge in [0, 0.05) is 18.0 Å². The molecule has 0 aliphatic rings. The van der Waals surface area contributed by atoms with E-state index in [4.69, 9.17) is 9.47 Å². The molecule has 0 aliphatic heterocycles. The lowest BCUT2D eigenvalue weighted by Gasteiger charge is -2.09. The van der Waals surface area contributed by atoms with Gasteiger partial charge in [-0.2, -0.15) is 0 Å². The minimum atomic E-state index is -0.411. The van der Waals surface area contributed by atoms with Crippen molar-refractivity contribution in [3.63, 3.8) is 0 Å². The average molecular weight is 358 g/mol. The minimum Gasteiger partial charge on any atom is -0.478 e. The summed E-state index contributed by atoms with van der Waals surface area (Å²) in [7, 11) is 0. The van der Waals surface area contributed by atoms with Crippen LogP contribution in [0.2, 0.25) is 0 Å². The highest BCUT2D eigenvalue weighted by Crippen LogP contribution is 2.12. The fraction of sp³-hybridized carbons (Fsp3) is 0.316. The van der Waals surface area contributed by atoms with Crippen LogP contribution in [0.15, 0.2) is 41.3 Å². The van der Waals surface area contributed by atoms with Gasteiger partial charge in [0.05, 0.1) is 17.9 Å². The number of pyridine rings is 1. The van der Waals surface area contributed by atoms with Crippen LogP contribution in [0.25, 0.3) is 0 Å². The normalized spacial score (nSPS) is 10.2. The van der Waals surface area contributed by atoms with Crippen molar-refractivity contribution in [1.29, 1.82) is 0 Å². The molecule has 1 heterocycles. The highest BCUT2D eigenvalue weighted by atomic mass is 16.5. The summed E-state index contributed by atoms with van der Waals surface area (Å²) in [4.78, 5) is 38.3. The van der Waals surface area contributed by atoms with Crippen molar-refractivity contribution in [2.75, 3.05) is 18.5 Å². The lowest BCUT2D eigenvalue weighted by atomic mass is 10.2. The van der Waals surface area contributed by atoms with E-state index in [1.807, 2.05) is 6.92 Å². The first-order valence-electron chi connectivity index (χ1n) is 8.39. The Bertz CT molecular complexity index is 811. The average Bonchev–Trinajstić information content (AvgIpc) is 2.62. The summed E-state index contributed by atoms with van der Waals surface area (Å²) in [5.41, 5.74) is 1.19. The van der Waals surface area contributed by atoms with Gasteiger partial charge in [0.2, 0.25) is 5.43 Å². The second-order valence-corrected chi connectivity index (χ2v) is 5.70. The van der Waals surface area contributed by atoms with Crippen molar-refractivity contribution < 1.29 is 19.1 Å². The molecule has 0 atom stereocenters. The van der Waals surface area contributed by atoms with Crippen LogP contribution in [0.5, 0.6) is 5.75 Å². The lowest BCUT2D eigenvalue weighted by molar-refractivity contribution is -0.118. The third-order valence-electron chi connectivity index (χ3n) is 3.58. The zero-order chi connectivity index (χ0) is 18.9. The summed E-state index contributed by atoms with van der Waals surface area (Å²) >= 11 is 0. The number of benzene rings is 1. The molecule has 26 heavy (non-hydrogen) atoms. The number of rotatable bonds is 8. The van der Waals surface area contributed by atoms with Gasteiger partial charge in [-0.25, -0.2) is 4.79 Å². The molecule has 0 unspecified atom stereocenters. The number of anilines is 1. The predicted molar refractivity (Wildman–Crippen MR) is 97.6 cm³/mol. The molecule has 0 saturated heterocycles. The number of amides is 1. The second-order valence-electron chi connectivity index (χ2n) is 5.70. The molecule has 0 aliphatic carbocycles. The van der Waals surface area contributed by atoms with Crippen molar-refractivity contribution in [1.82, 2.24) is 4.98 Å². The predicted octanol–water partition coefficient (Wildman–Crippen LogP) is 2.66. The second kappa shape index (κ2) is 9.41. The zero-order valence-corrected chi connectivity index (χ0v) is 14.8. The van der Waals surface area contributed by atoms with Crippen molar-refractivity contribution in [3.8, 4) is 5.75 Å². The summed E-state index contributed by atoms with van der Waals surface area (Å²) in [5.74, 6) is -0.683. The number of ether oxygens (including phenoxy) is 2. The Labute approximate surface area is 151 Å². The van der Waals surface area contributed by atoms with E-state index in [0.717, 1.165) is 12.8 Å². The molecule has 0 fully saturated rings. The quantitative estimate of drug-likeness (QED) is 0.558. The number of aryl methyl sites for hydroxylation is 1. The molecule has 7 nitrogen and oxygen atoms in total.